The smallest absolute Gasteiger partial charge is 0.0390 e. The second-order valence-corrected chi connectivity index (χ2v) is 5.88. The molecule has 0 spiro atoms. The van der Waals surface area contributed by atoms with Crippen molar-refractivity contribution in [2.75, 3.05) is 0 Å². The van der Waals surface area contributed by atoms with Gasteiger partial charge in [-0.3, -0.25) is 0 Å². The predicted molar refractivity (Wildman–Crippen MR) is 71.6 cm³/mol. The molecule has 1 heteroatoms. The molecule has 0 fully saturated rings. The largest absolute Gasteiger partial charge is 0.120 e. The molecule has 0 nitrogen and oxygen atoms in total. The molecule has 0 aromatic carbocycles. The maximum atomic E-state index is 6.12. The Kier molecular flexibility index (Phi) is 7.86. The monoisotopic (exact) mass is 228 g/mol. The Bertz CT molecular complexity index is 186. The summed E-state index contributed by atoms with van der Waals surface area (Å²) in [7, 11) is 0. The van der Waals surface area contributed by atoms with E-state index in [9.17, 15) is 0 Å². The number of halogens is 1. The minimum atomic E-state index is -0.0525. The van der Waals surface area contributed by atoms with Gasteiger partial charge in [-0.1, -0.05) is 18.2 Å². The van der Waals surface area contributed by atoms with Crippen molar-refractivity contribution in [3.05, 3.63) is 24.8 Å². The average molecular weight is 229 g/mol. The first-order valence-electron chi connectivity index (χ1n) is 5.92. The molecule has 0 heterocycles. The van der Waals surface area contributed by atoms with Gasteiger partial charge in [0.25, 0.3) is 0 Å². The molecular formula is C14H25Cl. The van der Waals surface area contributed by atoms with Crippen LogP contribution in [-0.2, 0) is 0 Å². The first kappa shape index (κ1) is 14.8. The molecule has 0 saturated heterocycles. The standard InChI is InChI=1S/C14H25Cl/c1-5-6-7-8-10-13(2)11-9-12-14(3,4)15/h5H,1-2,6-12H2,3-4H3. The zero-order valence-electron chi connectivity index (χ0n) is 10.3. The highest BCUT2D eigenvalue weighted by molar-refractivity contribution is 6.23. The van der Waals surface area contributed by atoms with Gasteiger partial charge in [-0.15, -0.1) is 18.2 Å². The van der Waals surface area contributed by atoms with Crippen molar-refractivity contribution in [2.24, 2.45) is 0 Å². The van der Waals surface area contributed by atoms with E-state index in [0.717, 1.165) is 32.1 Å². The summed E-state index contributed by atoms with van der Waals surface area (Å²) < 4.78 is 0. The van der Waals surface area contributed by atoms with E-state index in [-0.39, 0.29) is 4.87 Å². The summed E-state index contributed by atoms with van der Waals surface area (Å²) >= 11 is 6.12. The molecule has 0 aliphatic rings. The van der Waals surface area contributed by atoms with Gasteiger partial charge in [0.1, 0.15) is 0 Å². The van der Waals surface area contributed by atoms with Crippen molar-refractivity contribution >= 4 is 11.6 Å². The van der Waals surface area contributed by atoms with Gasteiger partial charge in [-0.25, -0.2) is 0 Å². The van der Waals surface area contributed by atoms with E-state index in [1.54, 1.807) is 0 Å². The van der Waals surface area contributed by atoms with Crippen molar-refractivity contribution in [3.8, 4) is 0 Å². The maximum absolute atomic E-state index is 6.12. The molecule has 0 atom stereocenters. The van der Waals surface area contributed by atoms with Gasteiger partial charge in [0.15, 0.2) is 0 Å². The van der Waals surface area contributed by atoms with Crippen LogP contribution in [0.5, 0.6) is 0 Å². The Morgan fingerprint density at radius 2 is 1.80 bits per heavy atom. The fourth-order valence-electron chi connectivity index (χ4n) is 1.55. The van der Waals surface area contributed by atoms with E-state index in [0.29, 0.717) is 0 Å². The normalized spacial score (nSPS) is 11.4. The van der Waals surface area contributed by atoms with Crippen LogP contribution in [0.25, 0.3) is 0 Å². The Hall–Kier alpha value is -0.230. The lowest BCUT2D eigenvalue weighted by molar-refractivity contribution is 0.581. The van der Waals surface area contributed by atoms with E-state index in [4.69, 9.17) is 11.6 Å². The predicted octanol–water partition coefficient (Wildman–Crippen LogP) is 5.48. The third-order valence-corrected chi connectivity index (χ3v) is 2.68. The van der Waals surface area contributed by atoms with E-state index in [1.165, 1.54) is 18.4 Å². The molecule has 0 bridgehead atoms. The number of unbranched alkanes of at least 4 members (excludes halogenated alkanes) is 2. The quantitative estimate of drug-likeness (QED) is 0.279. The number of hydrogen-bond acceptors (Lipinski definition) is 0. The molecule has 0 aliphatic heterocycles. The van der Waals surface area contributed by atoms with Gasteiger partial charge in [0.05, 0.1) is 0 Å². The van der Waals surface area contributed by atoms with Crippen LogP contribution in [0.3, 0.4) is 0 Å². The summed E-state index contributed by atoms with van der Waals surface area (Å²) in [6.45, 7) is 12.0. The lowest BCUT2D eigenvalue weighted by Gasteiger charge is -2.15. The summed E-state index contributed by atoms with van der Waals surface area (Å²) in [6.07, 6.45) is 10.1. The summed E-state index contributed by atoms with van der Waals surface area (Å²) in [4.78, 5) is -0.0525. The summed E-state index contributed by atoms with van der Waals surface area (Å²) in [5.74, 6) is 0. The van der Waals surface area contributed by atoms with Crippen LogP contribution in [0.15, 0.2) is 24.8 Å². The van der Waals surface area contributed by atoms with Crippen LogP contribution in [0.2, 0.25) is 0 Å². The number of alkyl halides is 1. The van der Waals surface area contributed by atoms with Crippen molar-refractivity contribution in [3.63, 3.8) is 0 Å². The molecule has 0 aromatic rings. The maximum Gasteiger partial charge on any atom is 0.0390 e. The lowest BCUT2D eigenvalue weighted by atomic mass is 9.99. The van der Waals surface area contributed by atoms with Gasteiger partial charge >= 0.3 is 0 Å². The van der Waals surface area contributed by atoms with E-state index < -0.39 is 0 Å². The second-order valence-electron chi connectivity index (χ2n) is 4.86. The number of rotatable bonds is 9. The van der Waals surface area contributed by atoms with Crippen molar-refractivity contribution in [2.45, 2.75) is 63.7 Å². The molecule has 0 rings (SSSR count). The summed E-state index contributed by atoms with van der Waals surface area (Å²) in [6, 6.07) is 0. The van der Waals surface area contributed by atoms with Crippen LogP contribution in [0.4, 0.5) is 0 Å². The van der Waals surface area contributed by atoms with Crippen molar-refractivity contribution in [1.82, 2.24) is 0 Å². The highest BCUT2D eigenvalue weighted by Crippen LogP contribution is 2.23. The molecule has 0 aromatic heterocycles. The van der Waals surface area contributed by atoms with Gasteiger partial charge < -0.3 is 0 Å². The molecular weight excluding hydrogens is 204 g/mol. The van der Waals surface area contributed by atoms with Gasteiger partial charge in [0, 0.05) is 4.87 Å². The third kappa shape index (κ3) is 11.7. The second kappa shape index (κ2) is 7.98. The third-order valence-electron chi connectivity index (χ3n) is 2.49. The first-order valence-corrected chi connectivity index (χ1v) is 6.30. The van der Waals surface area contributed by atoms with Crippen molar-refractivity contribution < 1.29 is 0 Å². The fraction of sp³-hybridized carbons (Fsp3) is 0.714. The van der Waals surface area contributed by atoms with Crippen LogP contribution in [0, 0.1) is 0 Å². The Labute approximate surface area is 100 Å². The van der Waals surface area contributed by atoms with E-state index in [1.807, 2.05) is 6.08 Å². The molecule has 0 unspecified atom stereocenters. The van der Waals surface area contributed by atoms with E-state index >= 15 is 0 Å². The Morgan fingerprint density at radius 3 is 2.33 bits per heavy atom. The topological polar surface area (TPSA) is 0 Å². The number of hydrogen-bond donors (Lipinski definition) is 0. The highest BCUT2D eigenvalue weighted by Gasteiger charge is 2.12. The van der Waals surface area contributed by atoms with Crippen LogP contribution in [0.1, 0.15) is 58.8 Å². The first-order chi connectivity index (χ1) is 6.95. The molecule has 0 saturated carbocycles. The fourth-order valence-corrected chi connectivity index (χ4v) is 1.68. The van der Waals surface area contributed by atoms with Gasteiger partial charge in [-0.05, 0) is 58.8 Å². The summed E-state index contributed by atoms with van der Waals surface area (Å²) in [5.41, 5.74) is 1.37. The molecule has 0 radical (unpaired) electrons. The molecule has 0 amide bonds. The average Bonchev–Trinajstić information content (AvgIpc) is 2.10. The Balaban J connectivity index is 3.37. The summed E-state index contributed by atoms with van der Waals surface area (Å²) in [5, 5.41) is 0. The van der Waals surface area contributed by atoms with Crippen LogP contribution in [-0.4, -0.2) is 4.87 Å². The minimum Gasteiger partial charge on any atom is -0.120 e. The van der Waals surface area contributed by atoms with Crippen LogP contribution >= 0.6 is 11.6 Å². The SMILES string of the molecule is C=CCCCCC(=C)CCCC(C)(C)Cl. The lowest BCUT2D eigenvalue weighted by Crippen LogP contribution is -2.09. The molecule has 0 N–H and O–H groups in total. The molecule has 88 valence electrons. The molecule has 15 heavy (non-hydrogen) atoms. The number of allylic oxidation sites excluding steroid dienone is 2. The van der Waals surface area contributed by atoms with Crippen molar-refractivity contribution in [1.29, 1.82) is 0 Å². The highest BCUT2D eigenvalue weighted by atomic mass is 35.5. The van der Waals surface area contributed by atoms with Gasteiger partial charge in [-0.2, -0.15) is 0 Å². The Morgan fingerprint density at radius 1 is 1.20 bits per heavy atom. The van der Waals surface area contributed by atoms with Crippen LogP contribution < -0.4 is 0 Å². The minimum absolute atomic E-state index is 0.0525. The molecule has 0 aliphatic carbocycles. The van der Waals surface area contributed by atoms with E-state index in [2.05, 4.69) is 27.0 Å². The zero-order valence-corrected chi connectivity index (χ0v) is 11.1. The zero-order chi connectivity index (χ0) is 11.7. The van der Waals surface area contributed by atoms with Gasteiger partial charge in [0.2, 0.25) is 0 Å².